The van der Waals surface area contributed by atoms with Gasteiger partial charge in [-0.15, -0.1) is 0 Å². The molecular formula is C32H28Cl3NO4. The minimum atomic E-state index is -0.900. The second-order valence-electron chi connectivity index (χ2n) is 11.3. The van der Waals surface area contributed by atoms with Crippen molar-refractivity contribution in [3.05, 3.63) is 103 Å². The van der Waals surface area contributed by atoms with Crippen LogP contribution in [0.3, 0.4) is 0 Å². The van der Waals surface area contributed by atoms with Crippen molar-refractivity contribution in [2.75, 3.05) is 0 Å². The first-order valence-corrected chi connectivity index (χ1v) is 14.5. The summed E-state index contributed by atoms with van der Waals surface area (Å²) in [6, 6.07) is 16.8. The van der Waals surface area contributed by atoms with E-state index in [4.69, 9.17) is 44.1 Å². The van der Waals surface area contributed by atoms with Crippen LogP contribution >= 0.6 is 34.8 Å². The Morgan fingerprint density at radius 2 is 1.75 bits per heavy atom. The molecule has 2 saturated carbocycles. The predicted octanol–water partition coefficient (Wildman–Crippen LogP) is 9.60. The van der Waals surface area contributed by atoms with Crippen LogP contribution in [0, 0.1) is 6.92 Å². The molecule has 0 amide bonds. The highest BCUT2D eigenvalue weighted by Gasteiger charge is 2.43. The summed E-state index contributed by atoms with van der Waals surface area (Å²) in [5.74, 6) is 1.20. The van der Waals surface area contributed by atoms with E-state index in [0.29, 0.717) is 49.5 Å². The van der Waals surface area contributed by atoms with E-state index in [1.165, 1.54) is 0 Å². The molecule has 0 atom stereocenters. The minimum Gasteiger partial charge on any atom is -0.489 e. The Bertz CT molecular complexity index is 1600. The van der Waals surface area contributed by atoms with E-state index in [0.717, 1.165) is 53.7 Å². The van der Waals surface area contributed by atoms with Gasteiger partial charge in [0.2, 0.25) is 0 Å². The fourth-order valence-corrected chi connectivity index (χ4v) is 6.91. The van der Waals surface area contributed by atoms with Crippen molar-refractivity contribution in [1.82, 2.24) is 5.16 Å². The first-order chi connectivity index (χ1) is 19.1. The summed E-state index contributed by atoms with van der Waals surface area (Å²) >= 11 is 19.8. The number of halogens is 3. The maximum Gasteiger partial charge on any atom is 0.335 e. The molecule has 5 nitrogen and oxygen atoms in total. The normalized spacial score (nSPS) is 20.3. The molecular weight excluding hydrogens is 569 g/mol. The smallest absolute Gasteiger partial charge is 0.335 e. The van der Waals surface area contributed by atoms with E-state index in [1.807, 2.05) is 25.1 Å². The molecule has 1 heterocycles. The van der Waals surface area contributed by atoms with Crippen molar-refractivity contribution in [2.45, 2.75) is 63.4 Å². The molecule has 206 valence electrons. The van der Waals surface area contributed by atoms with E-state index in [-0.39, 0.29) is 12.0 Å². The Morgan fingerprint density at radius 1 is 1.02 bits per heavy atom. The van der Waals surface area contributed by atoms with Gasteiger partial charge in [0.05, 0.1) is 21.2 Å². The van der Waals surface area contributed by atoms with Gasteiger partial charge >= 0.3 is 5.97 Å². The molecule has 1 N–H and O–H groups in total. The monoisotopic (exact) mass is 595 g/mol. The van der Waals surface area contributed by atoms with Crippen LogP contribution < -0.4 is 4.74 Å². The first-order valence-electron chi connectivity index (χ1n) is 13.3. The van der Waals surface area contributed by atoms with Crippen LogP contribution in [0.1, 0.15) is 82.8 Å². The summed E-state index contributed by atoms with van der Waals surface area (Å²) in [5, 5.41) is 15.4. The Hall–Kier alpha value is -2.99. The molecule has 0 bridgehead atoms. The molecule has 0 spiro atoms. The summed E-state index contributed by atoms with van der Waals surface area (Å²) in [7, 11) is 0. The molecule has 2 aliphatic rings. The third-order valence-electron chi connectivity index (χ3n) is 8.15. The Morgan fingerprint density at radius 3 is 2.40 bits per heavy atom. The number of carbonyl (C=O) groups is 1. The van der Waals surface area contributed by atoms with Crippen LogP contribution in [-0.4, -0.2) is 16.2 Å². The Balaban J connectivity index is 1.19. The number of aromatic nitrogens is 1. The third kappa shape index (κ3) is 5.11. The molecule has 2 fully saturated rings. The fraction of sp³-hybridized carbons (Fsp3) is 0.312. The molecule has 1 aromatic heterocycles. The minimum absolute atomic E-state index is 0.102. The summed E-state index contributed by atoms with van der Waals surface area (Å²) in [4.78, 5) is 11.5. The number of ether oxygens (including phenoxy) is 1. The van der Waals surface area contributed by atoms with Crippen LogP contribution in [0.4, 0.5) is 0 Å². The second-order valence-corrected chi connectivity index (χ2v) is 12.5. The average molecular weight is 597 g/mol. The zero-order valence-corrected chi connectivity index (χ0v) is 24.4. The molecule has 3 aromatic carbocycles. The van der Waals surface area contributed by atoms with E-state index in [2.05, 4.69) is 18.1 Å². The number of hydrogen-bond acceptors (Lipinski definition) is 4. The number of carboxylic acid groups (broad SMARTS) is 1. The van der Waals surface area contributed by atoms with Crippen LogP contribution in [0.25, 0.3) is 11.3 Å². The lowest BCUT2D eigenvalue weighted by molar-refractivity contribution is 0.0696. The molecule has 0 radical (unpaired) electrons. The molecule has 8 heteroatoms. The van der Waals surface area contributed by atoms with Crippen molar-refractivity contribution in [3.63, 3.8) is 0 Å². The van der Waals surface area contributed by atoms with Crippen molar-refractivity contribution in [1.29, 1.82) is 0 Å². The van der Waals surface area contributed by atoms with Gasteiger partial charge in [0.25, 0.3) is 0 Å². The Labute approximate surface area is 248 Å². The highest BCUT2D eigenvalue weighted by Crippen LogP contribution is 2.54. The quantitative estimate of drug-likeness (QED) is 0.219. The average Bonchev–Trinajstić information content (AvgIpc) is 3.65. The number of nitrogens with zero attached hydrogens (tertiary/aromatic N) is 1. The van der Waals surface area contributed by atoms with Crippen molar-refractivity contribution in [3.8, 4) is 17.0 Å². The van der Waals surface area contributed by atoms with Gasteiger partial charge in [-0.2, -0.15) is 0 Å². The van der Waals surface area contributed by atoms with Gasteiger partial charge < -0.3 is 14.4 Å². The number of aromatic carboxylic acids is 1. The number of hydrogen-bond donors (Lipinski definition) is 1. The lowest BCUT2D eigenvalue weighted by Gasteiger charge is -2.46. The third-order valence-corrected chi connectivity index (χ3v) is 9.09. The van der Waals surface area contributed by atoms with Crippen LogP contribution in [-0.2, 0) is 12.0 Å². The Kier molecular flexibility index (Phi) is 7.10. The van der Waals surface area contributed by atoms with Crippen LogP contribution in [0.2, 0.25) is 15.1 Å². The SMILES string of the molecule is Cc1cc(C(=O)O)cc(C2CC(C)(c3ccc(OCc4c(-c5c(Cl)cccc5Cl)noc4C4CC4)cc3Cl)C2)c1. The highest BCUT2D eigenvalue weighted by molar-refractivity contribution is 6.39. The lowest BCUT2D eigenvalue weighted by atomic mass is 9.58. The van der Waals surface area contributed by atoms with Crippen LogP contribution in [0.15, 0.2) is 59.1 Å². The van der Waals surface area contributed by atoms with E-state index in [1.54, 1.807) is 30.3 Å². The maximum absolute atomic E-state index is 11.5. The zero-order chi connectivity index (χ0) is 28.2. The number of benzene rings is 3. The van der Waals surface area contributed by atoms with Gasteiger partial charge in [0, 0.05) is 16.5 Å². The largest absolute Gasteiger partial charge is 0.489 e. The van der Waals surface area contributed by atoms with E-state index in [9.17, 15) is 9.90 Å². The summed E-state index contributed by atoms with van der Waals surface area (Å²) in [5.41, 5.74) is 5.43. The van der Waals surface area contributed by atoms with Gasteiger partial charge in [-0.3, -0.25) is 0 Å². The molecule has 6 rings (SSSR count). The second kappa shape index (κ2) is 10.4. The standard InChI is InChI=1S/C32H28Cl3NO4/c1-17-10-19(12-20(11-17)31(37)38)21-14-32(2,15-21)24-9-8-22(13-27(24)35)39-16-23-29(36-40-30(23)18-6-7-18)28-25(33)4-3-5-26(28)34/h3-5,8-13,18,21H,6-7,14-16H2,1-2H3,(H,37,38). The van der Waals surface area contributed by atoms with Gasteiger partial charge in [-0.25, -0.2) is 4.79 Å². The first kappa shape index (κ1) is 27.2. The van der Waals surface area contributed by atoms with Crippen molar-refractivity contribution < 1.29 is 19.2 Å². The van der Waals surface area contributed by atoms with E-state index >= 15 is 0 Å². The van der Waals surface area contributed by atoms with Gasteiger partial charge in [-0.1, -0.05) is 65.1 Å². The molecule has 0 aliphatic heterocycles. The van der Waals surface area contributed by atoms with Crippen molar-refractivity contribution >= 4 is 40.8 Å². The van der Waals surface area contributed by atoms with Gasteiger partial charge in [0.1, 0.15) is 23.8 Å². The van der Waals surface area contributed by atoms with E-state index < -0.39 is 5.97 Å². The maximum atomic E-state index is 11.5. The molecule has 0 saturated heterocycles. The molecule has 0 unspecified atom stereocenters. The zero-order valence-electron chi connectivity index (χ0n) is 22.1. The number of carboxylic acids is 1. The molecule has 40 heavy (non-hydrogen) atoms. The molecule has 2 aliphatic carbocycles. The fourth-order valence-electron chi connectivity index (χ4n) is 5.93. The van der Waals surface area contributed by atoms with Crippen LogP contribution in [0.5, 0.6) is 5.75 Å². The number of aryl methyl sites for hydroxylation is 1. The topological polar surface area (TPSA) is 72.6 Å². The van der Waals surface area contributed by atoms with Gasteiger partial charge in [-0.05, 0) is 97.0 Å². The summed E-state index contributed by atoms with van der Waals surface area (Å²) in [6.07, 6.45) is 3.89. The summed E-state index contributed by atoms with van der Waals surface area (Å²) in [6.45, 7) is 4.39. The molecule has 4 aromatic rings. The number of rotatable bonds is 8. The van der Waals surface area contributed by atoms with Crippen molar-refractivity contribution in [2.24, 2.45) is 0 Å². The predicted molar refractivity (Wildman–Crippen MR) is 157 cm³/mol. The summed E-state index contributed by atoms with van der Waals surface area (Å²) < 4.78 is 12.0. The van der Waals surface area contributed by atoms with Gasteiger partial charge in [0.15, 0.2) is 0 Å². The highest BCUT2D eigenvalue weighted by atomic mass is 35.5. The lowest BCUT2D eigenvalue weighted by Crippen LogP contribution is -2.37.